The van der Waals surface area contributed by atoms with Crippen LogP contribution in [0.1, 0.15) is 73.3 Å². The van der Waals surface area contributed by atoms with Gasteiger partial charge in [-0.05, 0) is 72.2 Å². The Labute approximate surface area is 334 Å². The Morgan fingerprint density at radius 2 is 1.84 bits per heavy atom. The number of cyclic esters (lactones) is 1. The summed E-state index contributed by atoms with van der Waals surface area (Å²) in [5.74, 6) is 1.69. The van der Waals surface area contributed by atoms with Crippen LogP contribution in [-0.4, -0.2) is 137 Å². The molecule has 6 rings (SSSR count). The van der Waals surface area contributed by atoms with E-state index in [-0.39, 0.29) is 50.0 Å². The Kier molecular flexibility index (Phi) is 12.8. The molecule has 1 unspecified atom stereocenters. The van der Waals surface area contributed by atoms with Crippen LogP contribution in [0.3, 0.4) is 0 Å². The highest BCUT2D eigenvalue weighted by molar-refractivity contribution is 6.03. The van der Waals surface area contributed by atoms with Crippen LogP contribution in [0, 0.1) is 29.6 Å². The van der Waals surface area contributed by atoms with Crippen molar-refractivity contribution in [1.82, 2.24) is 14.8 Å². The SMILES string of the molecule is CC[C@H]1OC(=O)C(F)C(=O)[C@H](C)[C@@H](O[C@@H]2O[C@H](C)C[C@H](N(C)C)[C@H]2O)[C@@](C)(OCC#Cc2cnc3ccccc3c2)C[C@@H](C)C2=NCCN3C(=O)O[C@@]1(C)[C@H]3[C@H]2C. The summed E-state index contributed by atoms with van der Waals surface area (Å²) in [5, 5.41) is 12.5. The van der Waals surface area contributed by atoms with Crippen molar-refractivity contribution in [1.29, 1.82) is 0 Å². The molecule has 13 nitrogen and oxygen atoms in total. The summed E-state index contributed by atoms with van der Waals surface area (Å²) in [6.07, 6.45) is -5.69. The second kappa shape index (κ2) is 17.1. The average molecular weight is 793 g/mol. The molecule has 2 bridgehead atoms. The molecule has 14 heteroatoms. The van der Waals surface area contributed by atoms with E-state index in [1.165, 1.54) is 6.92 Å². The summed E-state index contributed by atoms with van der Waals surface area (Å²) in [7, 11) is 3.70. The van der Waals surface area contributed by atoms with E-state index in [1.807, 2.05) is 70.1 Å². The summed E-state index contributed by atoms with van der Waals surface area (Å²) in [6.45, 7) is 13.0. The number of amides is 1. The van der Waals surface area contributed by atoms with Crippen molar-refractivity contribution in [2.24, 2.45) is 22.7 Å². The summed E-state index contributed by atoms with van der Waals surface area (Å²) < 4.78 is 47.7. The zero-order valence-electron chi connectivity index (χ0n) is 34.4. The minimum Gasteiger partial charge on any atom is -0.456 e. The third kappa shape index (κ3) is 8.45. The number of ketones is 1. The van der Waals surface area contributed by atoms with Gasteiger partial charge in [-0.25, -0.2) is 14.0 Å². The normalized spacial score (nSPS) is 37.8. The molecule has 5 heterocycles. The van der Waals surface area contributed by atoms with Crippen molar-refractivity contribution in [3.63, 3.8) is 0 Å². The number of aliphatic hydroxyl groups excluding tert-OH is 1. The highest BCUT2D eigenvalue weighted by Crippen LogP contribution is 2.44. The Bertz CT molecular complexity index is 1920. The van der Waals surface area contributed by atoms with E-state index >= 15 is 4.39 Å². The number of likely N-dealkylation sites (N-methyl/N-ethyl adjacent to an activating group) is 1. The molecule has 3 fully saturated rings. The maximum atomic E-state index is 16.4. The summed E-state index contributed by atoms with van der Waals surface area (Å²) in [4.78, 5) is 54.2. The van der Waals surface area contributed by atoms with Gasteiger partial charge in [-0.1, -0.05) is 57.7 Å². The van der Waals surface area contributed by atoms with E-state index in [1.54, 1.807) is 31.9 Å². The fraction of sp³-hybridized carbons (Fsp3) is 0.651. The maximum absolute atomic E-state index is 16.4. The summed E-state index contributed by atoms with van der Waals surface area (Å²) in [5.41, 5.74) is -0.486. The number of hydrogen-bond donors (Lipinski definition) is 1. The number of carbonyl (C=O) groups excluding carboxylic acids is 3. The number of benzene rings is 1. The van der Waals surface area contributed by atoms with Crippen molar-refractivity contribution in [3.8, 4) is 11.8 Å². The Balaban J connectivity index is 1.43. The lowest BCUT2D eigenvalue weighted by Crippen LogP contribution is -2.60. The van der Waals surface area contributed by atoms with Gasteiger partial charge in [-0.2, -0.15) is 0 Å². The molecule has 0 aliphatic carbocycles. The number of carbonyl (C=O) groups is 3. The number of aliphatic imine (C=N–C) groups is 1. The highest BCUT2D eigenvalue weighted by atomic mass is 19.1. The molecular formula is C43H57FN4O9. The Morgan fingerprint density at radius 1 is 1.11 bits per heavy atom. The second-order valence-electron chi connectivity index (χ2n) is 16.7. The van der Waals surface area contributed by atoms with Gasteiger partial charge in [0, 0.05) is 47.3 Å². The third-order valence-electron chi connectivity index (χ3n) is 12.3. The number of aliphatic hydroxyl groups is 1. The number of para-hydroxylation sites is 1. The first-order valence-electron chi connectivity index (χ1n) is 20.0. The van der Waals surface area contributed by atoms with Gasteiger partial charge in [0.2, 0.25) is 0 Å². The van der Waals surface area contributed by atoms with Crippen molar-refractivity contribution in [2.45, 2.75) is 128 Å². The highest BCUT2D eigenvalue weighted by Gasteiger charge is 2.60. The molecule has 0 saturated carbocycles. The Morgan fingerprint density at radius 3 is 2.56 bits per heavy atom. The van der Waals surface area contributed by atoms with Gasteiger partial charge >= 0.3 is 12.1 Å². The molecule has 1 aromatic heterocycles. The van der Waals surface area contributed by atoms with Crippen LogP contribution >= 0.6 is 0 Å². The second-order valence-corrected chi connectivity index (χ2v) is 16.7. The topological polar surface area (TPSA) is 149 Å². The lowest BCUT2D eigenvalue weighted by Gasteiger charge is -2.47. The zero-order chi connectivity index (χ0) is 41.4. The fourth-order valence-electron chi connectivity index (χ4n) is 9.52. The number of ether oxygens (including phenoxy) is 5. The van der Waals surface area contributed by atoms with Crippen LogP contribution in [0.5, 0.6) is 0 Å². The van der Waals surface area contributed by atoms with Gasteiger partial charge in [0.05, 0.1) is 35.9 Å². The quantitative estimate of drug-likeness (QED) is 0.246. The average Bonchev–Trinajstić information content (AvgIpc) is 3.30. The number of fused-ring (bicyclic) bond motifs is 2. The largest absolute Gasteiger partial charge is 0.456 e. The molecule has 0 spiro atoms. The number of hydrogen-bond acceptors (Lipinski definition) is 12. The molecule has 0 radical (unpaired) electrons. The van der Waals surface area contributed by atoms with E-state index in [0.717, 1.165) is 16.6 Å². The maximum Gasteiger partial charge on any atom is 0.410 e. The first-order chi connectivity index (χ1) is 27.0. The molecule has 1 N–H and O–H groups in total. The monoisotopic (exact) mass is 792 g/mol. The number of aromatic nitrogens is 1. The van der Waals surface area contributed by atoms with Gasteiger partial charge in [0.1, 0.15) is 18.8 Å². The number of rotatable bonds is 6. The number of alkyl halides is 1. The molecule has 310 valence electrons. The number of halogens is 1. The predicted molar refractivity (Wildman–Crippen MR) is 210 cm³/mol. The van der Waals surface area contributed by atoms with E-state index < -0.39 is 71.8 Å². The summed E-state index contributed by atoms with van der Waals surface area (Å²) in [6, 6.07) is 8.68. The number of nitrogens with zero attached hydrogens (tertiary/aromatic N) is 4. The minimum atomic E-state index is -2.70. The molecule has 1 aromatic carbocycles. The van der Waals surface area contributed by atoms with Crippen LogP contribution in [0.4, 0.5) is 9.18 Å². The molecule has 4 aliphatic heterocycles. The van der Waals surface area contributed by atoms with Crippen molar-refractivity contribution >= 4 is 34.5 Å². The van der Waals surface area contributed by atoms with Crippen LogP contribution in [0.2, 0.25) is 0 Å². The van der Waals surface area contributed by atoms with Crippen molar-refractivity contribution in [2.75, 3.05) is 33.8 Å². The van der Waals surface area contributed by atoms with Crippen LogP contribution in [-0.2, 0) is 33.3 Å². The molecule has 1 amide bonds. The molecule has 4 aliphatic rings. The lowest BCUT2D eigenvalue weighted by atomic mass is 9.73. The number of pyridine rings is 1. The smallest absolute Gasteiger partial charge is 0.410 e. The number of Topliss-reactive ketones (excluding diaryl/α,β-unsaturated/α-hetero) is 1. The van der Waals surface area contributed by atoms with E-state index in [2.05, 4.69) is 16.8 Å². The first-order valence-corrected chi connectivity index (χ1v) is 20.0. The molecule has 3 saturated heterocycles. The van der Waals surface area contributed by atoms with Gasteiger partial charge in [0.25, 0.3) is 6.17 Å². The van der Waals surface area contributed by atoms with E-state index in [9.17, 15) is 19.5 Å². The van der Waals surface area contributed by atoms with E-state index in [0.29, 0.717) is 18.5 Å². The van der Waals surface area contributed by atoms with Crippen molar-refractivity contribution in [3.05, 3.63) is 42.1 Å². The van der Waals surface area contributed by atoms with Gasteiger partial charge in [-0.3, -0.25) is 19.7 Å². The minimum absolute atomic E-state index is 0.125. The van der Waals surface area contributed by atoms with Crippen LogP contribution < -0.4 is 0 Å². The van der Waals surface area contributed by atoms with Gasteiger partial charge in [-0.15, -0.1) is 0 Å². The van der Waals surface area contributed by atoms with Crippen LogP contribution in [0.25, 0.3) is 10.9 Å². The number of esters is 1. The molecular weight excluding hydrogens is 735 g/mol. The van der Waals surface area contributed by atoms with E-state index in [4.69, 9.17) is 28.7 Å². The van der Waals surface area contributed by atoms with Crippen molar-refractivity contribution < 1.29 is 47.6 Å². The molecule has 13 atom stereocenters. The van der Waals surface area contributed by atoms with Crippen LogP contribution in [0.15, 0.2) is 41.5 Å². The fourth-order valence-corrected chi connectivity index (χ4v) is 9.52. The predicted octanol–water partition coefficient (Wildman–Crippen LogP) is 4.75. The summed E-state index contributed by atoms with van der Waals surface area (Å²) >= 11 is 0. The lowest BCUT2D eigenvalue weighted by molar-refractivity contribution is -0.296. The standard InChI is InChI=1S/C43H57FN4O9/c1-10-32-43(7)37-26(4)34(45-17-18-48(37)41(52)57-43)24(2)22-42(6,53-19-13-14-28-21-29-15-11-12-16-30(29)46-23-28)38(27(5)35(49)33(44)39(51)55-32)56-40-36(50)31(47(8)9)20-25(3)54-40/h11-12,15-16,21,23-27,31-33,36-38,40,50H,10,17-20,22H2,1-9H3/t24-,25-,26+,27+,31+,32-,33?,36-,37-,38-,40+,42+,43-/m1/s1. The molecule has 57 heavy (non-hydrogen) atoms. The third-order valence-corrected chi connectivity index (χ3v) is 12.3. The zero-order valence-corrected chi connectivity index (χ0v) is 34.4. The van der Waals surface area contributed by atoms with Gasteiger partial charge in [0.15, 0.2) is 17.7 Å². The molecule has 2 aromatic rings. The first kappa shape index (κ1) is 42.6. The van der Waals surface area contributed by atoms with Gasteiger partial charge < -0.3 is 33.7 Å². The Hall–Kier alpha value is -4.00.